The number of fused-ring (bicyclic) bond motifs is 1. The molecule has 29 heavy (non-hydrogen) atoms. The smallest absolute Gasteiger partial charge is 0.312 e. The van der Waals surface area contributed by atoms with E-state index in [9.17, 15) is 13.4 Å². The number of nitrogens with zero attached hydrogens (tertiary/aromatic N) is 3. The molecule has 3 rings (SSSR count). The SMILES string of the molecule is CC(C)(C)OC(=O)CC1=N[C@](C)(c2nc(N)ccc2F)C[S@]2(=O)=NCCC[C@]12C. The van der Waals surface area contributed by atoms with Gasteiger partial charge in [-0.25, -0.2) is 17.9 Å². The summed E-state index contributed by atoms with van der Waals surface area (Å²) >= 11 is 0. The van der Waals surface area contributed by atoms with Crippen LogP contribution in [0.25, 0.3) is 0 Å². The molecule has 0 unspecified atom stereocenters. The fourth-order valence-electron chi connectivity index (χ4n) is 3.99. The number of pyridine rings is 1. The molecule has 2 aliphatic heterocycles. The standard InChI is InChI=1S/C20H29FN4O3S/c1-18(2,3)28-16(26)11-14-20(5)9-6-10-23-29(20,27)12-19(4,25-14)17-13(21)7-8-15(22)24-17/h7-8H,6,9-12H2,1-5H3,(H2,22,24)/t19-,20+,29+/m0/s1. The highest BCUT2D eigenvalue weighted by atomic mass is 32.2. The Morgan fingerprint density at radius 3 is 2.69 bits per heavy atom. The molecule has 0 radical (unpaired) electrons. The maximum Gasteiger partial charge on any atom is 0.312 e. The van der Waals surface area contributed by atoms with Crippen molar-refractivity contribution in [2.24, 2.45) is 9.36 Å². The molecular formula is C20H29FN4O3S. The van der Waals surface area contributed by atoms with E-state index in [4.69, 9.17) is 15.5 Å². The van der Waals surface area contributed by atoms with Crippen LogP contribution in [-0.4, -0.2) is 43.5 Å². The maximum absolute atomic E-state index is 14.7. The van der Waals surface area contributed by atoms with Crippen molar-refractivity contribution in [2.75, 3.05) is 18.0 Å². The Morgan fingerprint density at radius 1 is 1.34 bits per heavy atom. The summed E-state index contributed by atoms with van der Waals surface area (Å²) < 4.78 is 37.7. The van der Waals surface area contributed by atoms with Crippen molar-refractivity contribution in [3.63, 3.8) is 0 Å². The number of hydrogen-bond acceptors (Lipinski definition) is 7. The number of aliphatic imine (C=N–C) groups is 1. The lowest BCUT2D eigenvalue weighted by molar-refractivity contribution is -0.153. The number of nitrogens with two attached hydrogens (primary N) is 1. The van der Waals surface area contributed by atoms with Gasteiger partial charge in [-0.3, -0.25) is 9.79 Å². The topological polar surface area (TPSA) is 107 Å². The molecule has 7 nitrogen and oxygen atoms in total. The zero-order valence-electron chi connectivity index (χ0n) is 17.6. The summed E-state index contributed by atoms with van der Waals surface area (Å²) in [5.41, 5.74) is 4.32. The molecule has 0 bridgehead atoms. The van der Waals surface area contributed by atoms with Gasteiger partial charge in [-0.15, -0.1) is 0 Å². The van der Waals surface area contributed by atoms with Crippen molar-refractivity contribution < 1.29 is 18.1 Å². The Balaban J connectivity index is 2.15. The van der Waals surface area contributed by atoms with E-state index in [1.165, 1.54) is 12.1 Å². The average Bonchev–Trinajstić information content (AvgIpc) is 2.56. The summed E-state index contributed by atoms with van der Waals surface area (Å²) in [4.78, 5) is 21.5. The number of rotatable bonds is 3. The minimum Gasteiger partial charge on any atom is -0.460 e. The number of carbonyl (C=O) groups is 1. The van der Waals surface area contributed by atoms with Gasteiger partial charge in [0.2, 0.25) is 0 Å². The summed E-state index contributed by atoms with van der Waals surface area (Å²) in [6.45, 7) is 9.32. The van der Waals surface area contributed by atoms with E-state index in [0.717, 1.165) is 6.42 Å². The molecule has 0 saturated heterocycles. The summed E-state index contributed by atoms with van der Waals surface area (Å²) in [7, 11) is -2.82. The third-order valence-electron chi connectivity index (χ3n) is 5.39. The molecule has 0 spiro atoms. The molecule has 0 amide bonds. The zero-order chi connectivity index (χ0) is 21.7. The summed E-state index contributed by atoms with van der Waals surface area (Å²) in [5, 5.41) is 0. The number of hydrogen-bond donors (Lipinski definition) is 1. The van der Waals surface area contributed by atoms with Gasteiger partial charge in [-0.05, 0) is 59.6 Å². The number of carbonyl (C=O) groups excluding carboxylic acids is 1. The molecule has 160 valence electrons. The number of aromatic nitrogens is 1. The second kappa shape index (κ2) is 7.04. The van der Waals surface area contributed by atoms with Crippen LogP contribution in [0, 0.1) is 5.82 Å². The molecule has 2 N–H and O–H groups in total. The average molecular weight is 425 g/mol. The number of ether oxygens (including phenoxy) is 1. The van der Waals surface area contributed by atoms with Crippen molar-refractivity contribution >= 4 is 27.2 Å². The number of anilines is 1. The van der Waals surface area contributed by atoms with Crippen LogP contribution in [0.1, 0.15) is 59.6 Å². The molecule has 1 aromatic rings. The fraction of sp³-hybridized carbons (Fsp3) is 0.650. The van der Waals surface area contributed by atoms with E-state index in [1.807, 2.05) is 6.92 Å². The Kier molecular flexibility index (Phi) is 5.26. The Labute approximate surface area is 171 Å². The van der Waals surface area contributed by atoms with E-state index >= 15 is 0 Å². The highest BCUT2D eigenvalue weighted by Gasteiger charge is 2.52. The first-order valence-electron chi connectivity index (χ1n) is 9.72. The minimum absolute atomic E-state index is 0.0183. The fourth-order valence-corrected chi connectivity index (χ4v) is 7.02. The monoisotopic (exact) mass is 424 g/mol. The normalized spacial score (nSPS) is 32.0. The number of nitrogen functional groups attached to an aromatic ring is 1. The molecule has 0 aliphatic carbocycles. The van der Waals surface area contributed by atoms with Crippen LogP contribution < -0.4 is 5.73 Å². The lowest BCUT2D eigenvalue weighted by Crippen LogP contribution is -2.55. The van der Waals surface area contributed by atoms with Gasteiger partial charge in [0, 0.05) is 12.3 Å². The summed E-state index contributed by atoms with van der Waals surface area (Å²) in [6, 6.07) is 2.59. The van der Waals surface area contributed by atoms with Crippen LogP contribution in [0.2, 0.25) is 0 Å². The lowest BCUT2D eigenvalue weighted by Gasteiger charge is -2.45. The Morgan fingerprint density at radius 2 is 2.03 bits per heavy atom. The highest BCUT2D eigenvalue weighted by Crippen LogP contribution is 2.44. The first-order chi connectivity index (χ1) is 13.3. The molecule has 9 heteroatoms. The van der Waals surface area contributed by atoms with E-state index in [0.29, 0.717) is 18.7 Å². The maximum atomic E-state index is 14.7. The predicted molar refractivity (Wildman–Crippen MR) is 112 cm³/mol. The van der Waals surface area contributed by atoms with Gasteiger partial charge >= 0.3 is 5.97 Å². The van der Waals surface area contributed by atoms with Gasteiger partial charge < -0.3 is 10.5 Å². The predicted octanol–water partition coefficient (Wildman–Crippen LogP) is 3.23. The molecule has 0 saturated carbocycles. The highest BCUT2D eigenvalue weighted by molar-refractivity contribution is 7.96. The van der Waals surface area contributed by atoms with Crippen LogP contribution in [0.3, 0.4) is 0 Å². The molecule has 0 aromatic carbocycles. The molecule has 1 aromatic heterocycles. The molecule has 3 atom stereocenters. The first kappa shape index (κ1) is 21.7. The third kappa shape index (κ3) is 4.01. The van der Waals surface area contributed by atoms with E-state index in [-0.39, 0.29) is 23.7 Å². The lowest BCUT2D eigenvalue weighted by atomic mass is 9.92. The van der Waals surface area contributed by atoms with Gasteiger partial charge in [-0.1, -0.05) is 0 Å². The van der Waals surface area contributed by atoms with E-state index in [2.05, 4.69) is 9.35 Å². The van der Waals surface area contributed by atoms with E-state index in [1.54, 1.807) is 27.7 Å². The van der Waals surface area contributed by atoms with E-state index < -0.39 is 37.4 Å². The van der Waals surface area contributed by atoms with Gasteiger partial charge in [0.15, 0.2) is 0 Å². The van der Waals surface area contributed by atoms with Crippen LogP contribution in [-0.2, 0) is 24.8 Å². The zero-order valence-corrected chi connectivity index (χ0v) is 18.4. The van der Waals surface area contributed by atoms with Crippen LogP contribution in [0.15, 0.2) is 21.5 Å². The van der Waals surface area contributed by atoms with Crippen LogP contribution in [0.4, 0.5) is 10.2 Å². The number of halogens is 1. The van der Waals surface area contributed by atoms with Crippen molar-refractivity contribution in [3.05, 3.63) is 23.6 Å². The van der Waals surface area contributed by atoms with Gasteiger partial charge in [0.25, 0.3) is 0 Å². The van der Waals surface area contributed by atoms with Crippen LogP contribution in [0.5, 0.6) is 0 Å². The third-order valence-corrected chi connectivity index (χ3v) is 8.79. The quantitative estimate of drug-likeness (QED) is 0.750. The summed E-state index contributed by atoms with van der Waals surface area (Å²) in [6.07, 6.45) is 1.22. The summed E-state index contributed by atoms with van der Waals surface area (Å²) in [5.74, 6) is -0.864. The molecule has 2 aliphatic rings. The van der Waals surface area contributed by atoms with Crippen LogP contribution >= 0.6 is 0 Å². The largest absolute Gasteiger partial charge is 0.460 e. The first-order valence-corrected chi connectivity index (χ1v) is 11.4. The Bertz CT molecular complexity index is 994. The van der Waals surface area contributed by atoms with Crippen molar-refractivity contribution in [2.45, 2.75) is 69.8 Å². The van der Waals surface area contributed by atoms with Crippen molar-refractivity contribution in [1.29, 1.82) is 0 Å². The Hall–Kier alpha value is -2.03. The van der Waals surface area contributed by atoms with Crippen molar-refractivity contribution in [3.8, 4) is 0 Å². The number of esters is 1. The van der Waals surface area contributed by atoms with Gasteiger partial charge in [0.05, 0.1) is 26.6 Å². The molecular weight excluding hydrogens is 395 g/mol. The van der Waals surface area contributed by atoms with Crippen molar-refractivity contribution in [1.82, 2.24) is 4.98 Å². The molecule has 0 fully saturated rings. The van der Waals surface area contributed by atoms with Gasteiger partial charge in [-0.2, -0.15) is 0 Å². The minimum atomic E-state index is -2.82. The second-order valence-corrected chi connectivity index (χ2v) is 11.9. The second-order valence-electron chi connectivity index (χ2n) is 9.13. The molecule has 3 heterocycles. The van der Waals surface area contributed by atoms with Gasteiger partial charge in [0.1, 0.15) is 28.5 Å².